The first-order valence-corrected chi connectivity index (χ1v) is 11.0. The largest absolute Gasteiger partial charge is 0.346 e. The molecule has 0 radical (unpaired) electrons. The molecule has 8 heteroatoms. The standard InChI is InChI=1S/C19H26N6OS/c26-18(13-4-1-2-5-13)21-15-10-20-23-16(15)14-6-3-9-25(11-14)19-22-17(24-27-19)12-7-8-12/h10,12-14H,1-9,11H2,(H,20,23)(H,21,26)/t14-/m0/s1. The van der Waals surface area contributed by atoms with Gasteiger partial charge in [0.1, 0.15) is 5.82 Å². The molecule has 2 aliphatic carbocycles. The Bertz CT molecular complexity index is 807. The van der Waals surface area contributed by atoms with Crippen LogP contribution in [-0.4, -0.2) is 38.6 Å². The molecule has 2 aromatic rings. The van der Waals surface area contributed by atoms with E-state index in [0.29, 0.717) is 11.8 Å². The number of aromatic nitrogens is 4. The highest BCUT2D eigenvalue weighted by atomic mass is 32.1. The number of piperidine rings is 1. The van der Waals surface area contributed by atoms with E-state index in [0.717, 1.165) is 61.1 Å². The van der Waals surface area contributed by atoms with Gasteiger partial charge in [0.2, 0.25) is 11.0 Å². The van der Waals surface area contributed by atoms with Crippen LogP contribution in [0.4, 0.5) is 10.8 Å². The SMILES string of the molecule is O=C(Nc1cn[nH]c1[C@H]1CCCN(c2nc(C3CC3)ns2)C1)C1CCCC1. The highest BCUT2D eigenvalue weighted by Crippen LogP contribution is 2.40. The number of anilines is 2. The van der Waals surface area contributed by atoms with Gasteiger partial charge in [-0.15, -0.1) is 0 Å². The molecule has 3 fully saturated rings. The van der Waals surface area contributed by atoms with Crippen LogP contribution in [-0.2, 0) is 4.79 Å². The van der Waals surface area contributed by atoms with Gasteiger partial charge in [0.25, 0.3) is 0 Å². The van der Waals surface area contributed by atoms with Crippen LogP contribution >= 0.6 is 11.5 Å². The van der Waals surface area contributed by atoms with Gasteiger partial charge < -0.3 is 10.2 Å². The van der Waals surface area contributed by atoms with Crippen molar-refractivity contribution in [2.45, 2.75) is 63.2 Å². The molecule has 1 amide bonds. The van der Waals surface area contributed by atoms with Crippen molar-refractivity contribution in [3.63, 3.8) is 0 Å². The molecule has 144 valence electrons. The predicted molar refractivity (Wildman–Crippen MR) is 105 cm³/mol. The molecule has 0 aromatic carbocycles. The molecule has 2 aromatic heterocycles. The summed E-state index contributed by atoms with van der Waals surface area (Å²) in [5.41, 5.74) is 1.91. The third-order valence-corrected chi connectivity index (χ3v) is 6.92. The molecule has 7 nitrogen and oxygen atoms in total. The lowest BCUT2D eigenvalue weighted by atomic mass is 9.94. The lowest BCUT2D eigenvalue weighted by Crippen LogP contribution is -2.35. The van der Waals surface area contributed by atoms with Gasteiger partial charge in [-0.05, 0) is 38.5 Å². The number of H-pyrrole nitrogens is 1. The summed E-state index contributed by atoms with van der Waals surface area (Å²) >= 11 is 1.52. The monoisotopic (exact) mass is 386 g/mol. The number of carbonyl (C=O) groups is 1. The lowest BCUT2D eigenvalue weighted by Gasteiger charge is -2.32. The maximum atomic E-state index is 12.5. The van der Waals surface area contributed by atoms with Gasteiger partial charge in [0, 0.05) is 42.4 Å². The first-order chi connectivity index (χ1) is 13.3. The van der Waals surface area contributed by atoms with Crippen LogP contribution in [0.1, 0.15) is 74.7 Å². The lowest BCUT2D eigenvalue weighted by molar-refractivity contribution is -0.119. The van der Waals surface area contributed by atoms with E-state index >= 15 is 0 Å². The summed E-state index contributed by atoms with van der Waals surface area (Å²) < 4.78 is 4.55. The fourth-order valence-corrected chi connectivity index (χ4v) is 5.16. The summed E-state index contributed by atoms with van der Waals surface area (Å²) in [7, 11) is 0. The number of rotatable bonds is 5. The molecule has 3 heterocycles. The van der Waals surface area contributed by atoms with Crippen molar-refractivity contribution in [2.75, 3.05) is 23.3 Å². The Hall–Kier alpha value is -1.96. The van der Waals surface area contributed by atoms with Crippen LogP contribution in [0, 0.1) is 5.92 Å². The smallest absolute Gasteiger partial charge is 0.227 e. The Morgan fingerprint density at radius 2 is 2.00 bits per heavy atom. The van der Waals surface area contributed by atoms with Gasteiger partial charge in [-0.3, -0.25) is 9.89 Å². The van der Waals surface area contributed by atoms with Crippen molar-refractivity contribution in [3.8, 4) is 0 Å². The van der Waals surface area contributed by atoms with Crippen LogP contribution in [0.3, 0.4) is 0 Å². The Balaban J connectivity index is 1.28. The second-order valence-electron chi connectivity index (χ2n) is 8.16. The molecular weight excluding hydrogens is 360 g/mol. The topological polar surface area (TPSA) is 86.8 Å². The van der Waals surface area contributed by atoms with Crippen LogP contribution in [0.25, 0.3) is 0 Å². The van der Waals surface area contributed by atoms with E-state index in [1.54, 1.807) is 6.20 Å². The number of amides is 1. The molecule has 27 heavy (non-hydrogen) atoms. The van der Waals surface area contributed by atoms with E-state index in [1.807, 2.05) is 0 Å². The van der Waals surface area contributed by atoms with Gasteiger partial charge >= 0.3 is 0 Å². The summed E-state index contributed by atoms with van der Waals surface area (Å²) in [5.74, 6) is 2.27. The molecule has 1 saturated heterocycles. The minimum atomic E-state index is 0.154. The maximum absolute atomic E-state index is 12.5. The number of hydrogen-bond donors (Lipinski definition) is 2. The van der Waals surface area contributed by atoms with E-state index in [2.05, 4.69) is 24.8 Å². The van der Waals surface area contributed by atoms with Crippen molar-refractivity contribution in [3.05, 3.63) is 17.7 Å². The number of aromatic amines is 1. The summed E-state index contributed by atoms with van der Waals surface area (Å²) in [6.07, 6.45) is 10.8. The fraction of sp³-hybridized carbons (Fsp3) is 0.684. The fourth-order valence-electron chi connectivity index (χ4n) is 4.38. The normalized spacial score (nSPS) is 23.7. The maximum Gasteiger partial charge on any atom is 0.227 e. The highest BCUT2D eigenvalue weighted by molar-refractivity contribution is 7.09. The van der Waals surface area contributed by atoms with E-state index in [-0.39, 0.29) is 11.8 Å². The van der Waals surface area contributed by atoms with E-state index < -0.39 is 0 Å². The van der Waals surface area contributed by atoms with Gasteiger partial charge in [-0.1, -0.05) is 12.8 Å². The number of hydrogen-bond acceptors (Lipinski definition) is 6. The zero-order valence-electron chi connectivity index (χ0n) is 15.5. The molecule has 0 spiro atoms. The van der Waals surface area contributed by atoms with E-state index in [9.17, 15) is 4.79 Å². The average molecular weight is 387 g/mol. The average Bonchev–Trinajstić information content (AvgIpc) is 3.13. The third kappa shape index (κ3) is 3.59. The van der Waals surface area contributed by atoms with Crippen LogP contribution in [0.15, 0.2) is 6.20 Å². The summed E-state index contributed by atoms with van der Waals surface area (Å²) in [6.45, 7) is 1.92. The predicted octanol–water partition coefficient (Wildman–Crippen LogP) is 3.65. The number of carbonyl (C=O) groups excluding carboxylic acids is 1. The van der Waals surface area contributed by atoms with Crippen molar-refractivity contribution in [1.82, 2.24) is 19.6 Å². The molecule has 1 atom stereocenters. The molecule has 0 bridgehead atoms. The van der Waals surface area contributed by atoms with E-state index in [4.69, 9.17) is 4.98 Å². The first-order valence-electron chi connectivity index (χ1n) is 10.2. The third-order valence-electron chi connectivity index (χ3n) is 6.13. The Morgan fingerprint density at radius 3 is 2.81 bits per heavy atom. The van der Waals surface area contributed by atoms with Crippen molar-refractivity contribution in [2.24, 2.45) is 5.92 Å². The summed E-state index contributed by atoms with van der Waals surface area (Å²) in [5, 5.41) is 11.6. The second-order valence-corrected chi connectivity index (χ2v) is 8.89. The van der Waals surface area contributed by atoms with Gasteiger partial charge in [0.05, 0.1) is 17.6 Å². The zero-order valence-corrected chi connectivity index (χ0v) is 16.3. The molecule has 1 aliphatic heterocycles. The summed E-state index contributed by atoms with van der Waals surface area (Å²) in [6, 6.07) is 0. The first kappa shape index (κ1) is 17.2. The van der Waals surface area contributed by atoms with E-state index in [1.165, 1.54) is 37.2 Å². The second kappa shape index (κ2) is 7.22. The van der Waals surface area contributed by atoms with Crippen LogP contribution < -0.4 is 10.2 Å². The van der Waals surface area contributed by atoms with Crippen LogP contribution in [0.2, 0.25) is 0 Å². The highest BCUT2D eigenvalue weighted by Gasteiger charge is 2.31. The Kier molecular flexibility index (Phi) is 4.59. The minimum Gasteiger partial charge on any atom is -0.346 e. The molecule has 5 rings (SSSR count). The van der Waals surface area contributed by atoms with Crippen molar-refractivity contribution < 1.29 is 4.79 Å². The van der Waals surface area contributed by atoms with Gasteiger partial charge in [-0.2, -0.15) is 9.47 Å². The molecule has 3 aliphatic rings. The van der Waals surface area contributed by atoms with Gasteiger partial charge in [0.15, 0.2) is 0 Å². The molecule has 0 unspecified atom stereocenters. The number of nitrogens with one attached hydrogen (secondary N) is 2. The molecule has 2 N–H and O–H groups in total. The Morgan fingerprint density at radius 1 is 1.15 bits per heavy atom. The quantitative estimate of drug-likeness (QED) is 0.819. The summed E-state index contributed by atoms with van der Waals surface area (Å²) in [4.78, 5) is 19.6. The van der Waals surface area contributed by atoms with Crippen molar-refractivity contribution in [1.29, 1.82) is 0 Å². The van der Waals surface area contributed by atoms with Crippen LogP contribution in [0.5, 0.6) is 0 Å². The zero-order chi connectivity index (χ0) is 18.2. The molecular formula is C19H26N6OS. The Labute approximate surface area is 163 Å². The van der Waals surface area contributed by atoms with Crippen molar-refractivity contribution >= 4 is 28.3 Å². The number of nitrogens with zero attached hydrogens (tertiary/aromatic N) is 4. The molecule has 2 saturated carbocycles. The van der Waals surface area contributed by atoms with Gasteiger partial charge in [-0.25, -0.2) is 4.98 Å². The minimum absolute atomic E-state index is 0.154.